The van der Waals surface area contributed by atoms with E-state index >= 15 is 0 Å². The molecular weight excluding hydrogens is 228 g/mol. The summed E-state index contributed by atoms with van der Waals surface area (Å²) in [5.74, 6) is 0. The van der Waals surface area contributed by atoms with Gasteiger partial charge < -0.3 is 15.0 Å². The lowest BCUT2D eigenvalue weighted by atomic mass is 9.86. The Hall–Kier alpha value is -0.770. The Morgan fingerprint density at radius 3 is 2.06 bits per heavy atom. The van der Waals surface area contributed by atoms with Gasteiger partial charge in [-0.1, -0.05) is 34.6 Å². The highest BCUT2D eigenvalue weighted by atomic mass is 16.6. The van der Waals surface area contributed by atoms with Crippen molar-refractivity contribution in [3.8, 4) is 0 Å². The molecule has 0 aromatic rings. The van der Waals surface area contributed by atoms with Crippen molar-refractivity contribution in [2.24, 2.45) is 5.41 Å². The molecule has 1 unspecified atom stereocenters. The maximum Gasteiger partial charge on any atom is 0.409 e. The summed E-state index contributed by atoms with van der Waals surface area (Å²) in [6, 6.07) is 0.261. The van der Waals surface area contributed by atoms with E-state index in [0.29, 0.717) is 19.7 Å². The summed E-state index contributed by atoms with van der Waals surface area (Å²) in [7, 11) is 1.93. The van der Waals surface area contributed by atoms with Crippen molar-refractivity contribution < 1.29 is 9.53 Å². The van der Waals surface area contributed by atoms with Crippen LogP contribution in [0, 0.1) is 5.41 Å². The Morgan fingerprint density at radius 1 is 1.28 bits per heavy atom. The molecule has 0 radical (unpaired) electrons. The fourth-order valence-electron chi connectivity index (χ4n) is 1.57. The molecule has 0 bridgehead atoms. The van der Waals surface area contributed by atoms with Crippen LogP contribution in [0.3, 0.4) is 0 Å². The molecule has 0 rings (SSSR count). The van der Waals surface area contributed by atoms with E-state index < -0.39 is 0 Å². The van der Waals surface area contributed by atoms with Gasteiger partial charge >= 0.3 is 6.09 Å². The van der Waals surface area contributed by atoms with E-state index in [-0.39, 0.29) is 17.6 Å². The zero-order chi connectivity index (χ0) is 14.8. The third kappa shape index (κ3) is 7.54. The average Bonchev–Trinajstić information content (AvgIpc) is 2.31. The van der Waals surface area contributed by atoms with Crippen LogP contribution < -0.4 is 5.32 Å². The zero-order valence-corrected chi connectivity index (χ0v) is 13.5. The molecule has 0 spiro atoms. The van der Waals surface area contributed by atoms with Crippen LogP contribution in [0.15, 0.2) is 0 Å². The van der Waals surface area contributed by atoms with Crippen LogP contribution >= 0.6 is 0 Å². The lowest BCUT2D eigenvalue weighted by molar-refractivity contribution is 0.0972. The summed E-state index contributed by atoms with van der Waals surface area (Å²) in [6.45, 7) is 16.0. The van der Waals surface area contributed by atoms with E-state index in [1.165, 1.54) is 0 Å². The lowest BCUT2D eigenvalue weighted by Gasteiger charge is -2.34. The molecule has 0 aromatic heterocycles. The minimum Gasteiger partial charge on any atom is -0.450 e. The van der Waals surface area contributed by atoms with Gasteiger partial charge in [0.15, 0.2) is 0 Å². The van der Waals surface area contributed by atoms with Crippen LogP contribution in [-0.2, 0) is 4.74 Å². The molecule has 0 saturated heterocycles. The van der Waals surface area contributed by atoms with E-state index in [4.69, 9.17) is 4.74 Å². The Bertz CT molecular complexity index is 212. The highest BCUT2D eigenvalue weighted by Crippen LogP contribution is 2.20. The summed E-state index contributed by atoms with van der Waals surface area (Å²) >= 11 is 0. The van der Waals surface area contributed by atoms with Gasteiger partial charge in [-0.25, -0.2) is 4.79 Å². The number of nitrogens with one attached hydrogen (secondary N) is 1. The third-order valence-corrected chi connectivity index (χ3v) is 2.70. The first-order valence-corrected chi connectivity index (χ1v) is 6.95. The number of ether oxygens (including phenoxy) is 1. The first kappa shape index (κ1) is 19.6. The molecule has 0 aliphatic carbocycles. The number of rotatable bonds is 5. The van der Waals surface area contributed by atoms with E-state index in [2.05, 4.69) is 26.1 Å². The van der Waals surface area contributed by atoms with Gasteiger partial charge in [-0.2, -0.15) is 0 Å². The predicted octanol–water partition coefficient (Wildman–Crippen LogP) is 3.13. The van der Waals surface area contributed by atoms with Crippen LogP contribution in [0.1, 0.15) is 48.5 Å². The number of carbonyl (C=O) groups excluding carboxylic acids is 1. The molecule has 1 amide bonds. The van der Waals surface area contributed by atoms with Crippen molar-refractivity contribution in [1.82, 2.24) is 10.2 Å². The number of carbonyl (C=O) groups is 1. The molecule has 4 heteroatoms. The summed E-state index contributed by atoms with van der Waals surface area (Å²) in [6.07, 6.45) is -0.227. The van der Waals surface area contributed by atoms with Crippen LogP contribution in [0.5, 0.6) is 0 Å². The van der Waals surface area contributed by atoms with Gasteiger partial charge in [0.2, 0.25) is 0 Å². The smallest absolute Gasteiger partial charge is 0.409 e. The number of nitrogens with zero attached hydrogens (tertiary/aromatic N) is 1. The highest BCUT2D eigenvalue weighted by Gasteiger charge is 2.26. The minimum atomic E-state index is -0.227. The molecule has 0 heterocycles. The molecule has 18 heavy (non-hydrogen) atoms. The predicted molar refractivity (Wildman–Crippen MR) is 77.9 cm³/mol. The highest BCUT2D eigenvalue weighted by molar-refractivity contribution is 5.67. The quantitative estimate of drug-likeness (QED) is 0.825. The maximum atomic E-state index is 11.6. The summed E-state index contributed by atoms with van der Waals surface area (Å²) < 4.78 is 5.01. The van der Waals surface area contributed by atoms with Gasteiger partial charge in [-0.3, -0.25) is 0 Å². The van der Waals surface area contributed by atoms with E-state index in [1.54, 1.807) is 4.90 Å². The minimum absolute atomic E-state index is 0.120. The largest absolute Gasteiger partial charge is 0.450 e. The van der Waals surface area contributed by atoms with Crippen molar-refractivity contribution in [3.05, 3.63) is 0 Å². The first-order chi connectivity index (χ1) is 8.36. The van der Waals surface area contributed by atoms with Crippen molar-refractivity contribution in [3.63, 3.8) is 0 Å². The fraction of sp³-hybridized carbons (Fsp3) is 0.929. The van der Waals surface area contributed by atoms with Crippen molar-refractivity contribution in [1.29, 1.82) is 0 Å². The number of likely N-dealkylation sites (N-methyl/N-ethyl adjacent to an activating group) is 2. The fourth-order valence-corrected chi connectivity index (χ4v) is 1.57. The average molecular weight is 260 g/mol. The second kappa shape index (κ2) is 10.2. The second-order valence-corrected chi connectivity index (χ2v) is 4.94. The number of hydrogen-bond donors (Lipinski definition) is 1. The van der Waals surface area contributed by atoms with Crippen LogP contribution in [0.4, 0.5) is 4.79 Å². The molecule has 4 nitrogen and oxygen atoms in total. The summed E-state index contributed by atoms with van der Waals surface area (Å²) in [5.41, 5.74) is 0.120. The molecule has 0 fully saturated rings. The molecule has 0 aliphatic rings. The van der Waals surface area contributed by atoms with Crippen molar-refractivity contribution in [2.75, 3.05) is 26.7 Å². The van der Waals surface area contributed by atoms with Crippen LogP contribution in [0.25, 0.3) is 0 Å². The normalized spacial score (nSPS) is 12.2. The number of hydrogen-bond acceptors (Lipinski definition) is 3. The summed E-state index contributed by atoms with van der Waals surface area (Å²) in [5, 5.41) is 3.25. The second-order valence-electron chi connectivity index (χ2n) is 4.94. The molecule has 1 atom stereocenters. The van der Waals surface area contributed by atoms with Gasteiger partial charge in [0.25, 0.3) is 0 Å². The monoisotopic (exact) mass is 260 g/mol. The first-order valence-electron chi connectivity index (χ1n) is 6.95. The van der Waals surface area contributed by atoms with Crippen LogP contribution in [0.2, 0.25) is 0 Å². The van der Waals surface area contributed by atoms with Crippen LogP contribution in [-0.4, -0.2) is 43.8 Å². The Labute approximate surface area is 113 Å². The molecular formula is C14H32N2O2. The van der Waals surface area contributed by atoms with Gasteiger partial charge in [0, 0.05) is 19.1 Å². The third-order valence-electron chi connectivity index (χ3n) is 2.70. The number of amides is 1. The lowest BCUT2D eigenvalue weighted by Crippen LogP contribution is -2.49. The van der Waals surface area contributed by atoms with Gasteiger partial charge in [-0.15, -0.1) is 0 Å². The molecule has 0 aromatic carbocycles. The Morgan fingerprint density at radius 2 is 1.78 bits per heavy atom. The van der Waals surface area contributed by atoms with E-state index in [9.17, 15) is 4.79 Å². The Balaban J connectivity index is 0. The van der Waals surface area contributed by atoms with Gasteiger partial charge in [-0.05, 0) is 26.3 Å². The van der Waals surface area contributed by atoms with Crippen molar-refractivity contribution >= 4 is 6.09 Å². The van der Waals surface area contributed by atoms with E-state index in [0.717, 1.165) is 0 Å². The molecule has 0 aliphatic heterocycles. The summed E-state index contributed by atoms with van der Waals surface area (Å²) in [4.78, 5) is 13.4. The van der Waals surface area contributed by atoms with E-state index in [1.807, 2.05) is 34.7 Å². The topological polar surface area (TPSA) is 41.6 Å². The van der Waals surface area contributed by atoms with Gasteiger partial charge in [0.1, 0.15) is 0 Å². The molecule has 110 valence electrons. The maximum absolute atomic E-state index is 11.6. The molecule has 0 saturated carbocycles. The molecule has 1 N–H and O–H groups in total. The standard InChI is InChI=1S/C12H26N2O2.C2H6/c1-7-14(11(15)16-8-2)9-10(13-6)12(3,4)5;1-2/h10,13H,7-9H2,1-6H3;1-2H3. The van der Waals surface area contributed by atoms with Gasteiger partial charge in [0.05, 0.1) is 6.61 Å². The van der Waals surface area contributed by atoms with Crippen molar-refractivity contribution in [2.45, 2.75) is 54.5 Å². The zero-order valence-electron chi connectivity index (χ0n) is 13.5. The SMILES string of the molecule is CC.CCOC(=O)N(CC)CC(NC)C(C)(C)C. The Kier molecular flexibility index (Phi) is 11.1.